The fraction of sp³-hybridized carbons (Fsp3) is 0.529. The van der Waals surface area contributed by atoms with E-state index in [0.717, 1.165) is 44.1 Å². The summed E-state index contributed by atoms with van der Waals surface area (Å²) in [7, 11) is 1.50. The highest BCUT2D eigenvalue weighted by Gasteiger charge is 2.10. The summed E-state index contributed by atoms with van der Waals surface area (Å²) in [5, 5.41) is 8.32. The Morgan fingerprint density at radius 1 is 1.29 bits per heavy atom. The highest BCUT2D eigenvalue weighted by molar-refractivity contribution is 6.64. The summed E-state index contributed by atoms with van der Waals surface area (Å²) in [6.07, 6.45) is 12.3. The zero-order valence-corrected chi connectivity index (χ0v) is 14.2. The van der Waals surface area contributed by atoms with Crippen molar-refractivity contribution in [3.05, 3.63) is 36.1 Å². The van der Waals surface area contributed by atoms with E-state index in [9.17, 15) is 0 Å². The second-order valence-corrected chi connectivity index (χ2v) is 5.24. The van der Waals surface area contributed by atoms with Crippen LogP contribution >= 0.6 is 11.6 Å². The van der Waals surface area contributed by atoms with Crippen molar-refractivity contribution in [2.45, 2.75) is 52.4 Å². The van der Waals surface area contributed by atoms with Gasteiger partial charge in [-0.2, -0.15) is 0 Å². The van der Waals surface area contributed by atoms with Gasteiger partial charge in [-0.25, -0.2) is 4.99 Å². The van der Waals surface area contributed by atoms with Crippen LogP contribution < -0.4 is 0 Å². The second kappa shape index (κ2) is 12.4. The van der Waals surface area contributed by atoms with Crippen LogP contribution in [-0.2, 0) is 4.74 Å². The van der Waals surface area contributed by atoms with Crippen LogP contribution in [0.1, 0.15) is 52.4 Å². The summed E-state index contributed by atoms with van der Waals surface area (Å²) in [4.78, 5) is 4.22. The van der Waals surface area contributed by atoms with Crippen LogP contribution in [0.5, 0.6) is 0 Å². The Morgan fingerprint density at radius 3 is 2.52 bits per heavy atom. The molecule has 3 nitrogen and oxygen atoms in total. The molecule has 0 saturated carbocycles. The molecule has 0 aliphatic carbocycles. The first-order valence-corrected chi connectivity index (χ1v) is 7.78. The molecule has 0 rings (SSSR count). The van der Waals surface area contributed by atoms with Gasteiger partial charge in [-0.15, -0.1) is 0 Å². The molecule has 21 heavy (non-hydrogen) atoms. The van der Waals surface area contributed by atoms with E-state index in [2.05, 4.69) is 30.6 Å². The molecule has 118 valence electrons. The summed E-state index contributed by atoms with van der Waals surface area (Å²) >= 11 is 5.82. The van der Waals surface area contributed by atoms with Crippen molar-refractivity contribution in [3.63, 3.8) is 0 Å². The normalized spacial score (nSPS) is 13.2. The van der Waals surface area contributed by atoms with E-state index in [1.54, 1.807) is 13.0 Å². The number of methoxy groups -OCH3 is 1. The standard InChI is InChI=1S/C17H27ClN2O/c1-5-7-8-9-10-11-12-13-15(17(19)21-4)16(6-2)20-14(3)18/h6-8,19H,2,5,9-13H2,1,3-4H3/b8-7+,16-15-,19-17?,20-14?. The molecule has 0 radical (unpaired) electrons. The molecule has 0 unspecified atom stereocenters. The third-order valence-electron chi connectivity index (χ3n) is 2.96. The Balaban J connectivity index is 4.62. The Kier molecular flexibility index (Phi) is 11.6. The van der Waals surface area contributed by atoms with Gasteiger partial charge >= 0.3 is 0 Å². The Morgan fingerprint density at radius 2 is 2.00 bits per heavy atom. The number of aliphatic imine (C=N–C) groups is 1. The third-order valence-corrected chi connectivity index (χ3v) is 3.04. The largest absolute Gasteiger partial charge is 0.481 e. The van der Waals surface area contributed by atoms with Gasteiger partial charge in [0.1, 0.15) is 5.17 Å². The van der Waals surface area contributed by atoms with Crippen molar-refractivity contribution in [2.24, 2.45) is 4.99 Å². The number of nitrogens with one attached hydrogen (secondary N) is 1. The predicted molar refractivity (Wildman–Crippen MR) is 93.4 cm³/mol. The maximum absolute atomic E-state index is 7.89. The van der Waals surface area contributed by atoms with Crippen molar-refractivity contribution in [1.82, 2.24) is 0 Å². The summed E-state index contributed by atoms with van der Waals surface area (Å²) in [5.74, 6) is 0.137. The van der Waals surface area contributed by atoms with E-state index in [0.29, 0.717) is 10.9 Å². The minimum absolute atomic E-state index is 0.137. The van der Waals surface area contributed by atoms with E-state index in [1.165, 1.54) is 7.11 Å². The summed E-state index contributed by atoms with van der Waals surface area (Å²) in [5.41, 5.74) is 1.39. The summed E-state index contributed by atoms with van der Waals surface area (Å²) < 4.78 is 5.04. The Bertz CT molecular complexity index is 419. The van der Waals surface area contributed by atoms with Gasteiger partial charge in [0.15, 0.2) is 0 Å². The molecule has 1 N–H and O–H groups in total. The highest BCUT2D eigenvalue weighted by atomic mass is 35.5. The molecule has 0 aliphatic rings. The summed E-state index contributed by atoms with van der Waals surface area (Å²) in [6.45, 7) is 7.59. The molecule has 0 aromatic heterocycles. The minimum atomic E-state index is 0.137. The van der Waals surface area contributed by atoms with Crippen LogP contribution in [0.3, 0.4) is 0 Å². The van der Waals surface area contributed by atoms with Crippen LogP contribution in [0.25, 0.3) is 0 Å². The first-order valence-electron chi connectivity index (χ1n) is 7.41. The molecular formula is C17H27ClN2O. The number of nitrogens with zero attached hydrogens (tertiary/aromatic N) is 1. The third kappa shape index (κ3) is 9.24. The maximum atomic E-state index is 7.89. The van der Waals surface area contributed by atoms with Gasteiger partial charge in [0.25, 0.3) is 0 Å². The van der Waals surface area contributed by atoms with Gasteiger partial charge in [-0.3, -0.25) is 5.41 Å². The SMILES string of the molecule is C=C/C(N=C(C)Cl)=C(\CCCCC/C=C/CC)C(=N)OC. The smallest absolute Gasteiger partial charge is 0.210 e. The number of allylic oxidation sites excluding steroid dienone is 3. The van der Waals surface area contributed by atoms with Crippen LogP contribution in [-0.4, -0.2) is 18.2 Å². The molecule has 0 heterocycles. The average molecular weight is 311 g/mol. The lowest BCUT2D eigenvalue weighted by Crippen LogP contribution is -2.06. The molecule has 0 spiro atoms. The van der Waals surface area contributed by atoms with Crippen molar-refractivity contribution < 1.29 is 4.74 Å². The molecule has 0 aromatic rings. The fourth-order valence-corrected chi connectivity index (χ4v) is 2.00. The number of halogens is 1. The van der Waals surface area contributed by atoms with Gasteiger partial charge in [-0.05, 0) is 45.1 Å². The number of ether oxygens (including phenoxy) is 1. The van der Waals surface area contributed by atoms with E-state index >= 15 is 0 Å². The molecule has 0 bridgehead atoms. The second-order valence-electron chi connectivity index (χ2n) is 4.69. The molecule has 0 aliphatic heterocycles. The maximum Gasteiger partial charge on any atom is 0.210 e. The Labute approximate surface area is 134 Å². The van der Waals surface area contributed by atoms with Crippen LogP contribution in [0.4, 0.5) is 0 Å². The molecule has 4 heteroatoms. The minimum Gasteiger partial charge on any atom is -0.481 e. The zero-order valence-electron chi connectivity index (χ0n) is 13.4. The van der Waals surface area contributed by atoms with Gasteiger partial charge < -0.3 is 4.74 Å². The monoisotopic (exact) mass is 310 g/mol. The molecule has 0 aromatic carbocycles. The lowest BCUT2D eigenvalue weighted by molar-refractivity contribution is 0.397. The quantitative estimate of drug-likeness (QED) is 0.184. The van der Waals surface area contributed by atoms with E-state index < -0.39 is 0 Å². The number of hydrogen-bond acceptors (Lipinski definition) is 3. The van der Waals surface area contributed by atoms with Crippen LogP contribution in [0.15, 0.2) is 41.1 Å². The zero-order chi connectivity index (χ0) is 16.1. The van der Waals surface area contributed by atoms with Crippen molar-refractivity contribution in [3.8, 4) is 0 Å². The van der Waals surface area contributed by atoms with E-state index in [-0.39, 0.29) is 5.90 Å². The lowest BCUT2D eigenvalue weighted by Gasteiger charge is -2.10. The summed E-state index contributed by atoms with van der Waals surface area (Å²) in [6, 6.07) is 0. The van der Waals surface area contributed by atoms with Gasteiger partial charge in [0.2, 0.25) is 5.90 Å². The first-order chi connectivity index (χ1) is 10.1. The number of rotatable bonds is 10. The van der Waals surface area contributed by atoms with E-state index in [4.69, 9.17) is 21.7 Å². The molecule has 0 atom stereocenters. The molecule has 0 fully saturated rings. The number of unbranched alkanes of at least 4 members (excludes halogenated alkanes) is 3. The molecule has 0 saturated heterocycles. The predicted octanol–water partition coefficient (Wildman–Crippen LogP) is 5.62. The first kappa shape index (κ1) is 19.7. The van der Waals surface area contributed by atoms with Crippen LogP contribution in [0, 0.1) is 5.41 Å². The van der Waals surface area contributed by atoms with E-state index in [1.807, 2.05) is 0 Å². The van der Waals surface area contributed by atoms with Gasteiger partial charge in [0.05, 0.1) is 12.8 Å². The Hall–Kier alpha value is -1.35. The molecule has 0 amide bonds. The van der Waals surface area contributed by atoms with Crippen LogP contribution in [0.2, 0.25) is 0 Å². The van der Waals surface area contributed by atoms with Gasteiger partial charge in [0, 0.05) is 5.57 Å². The van der Waals surface area contributed by atoms with Crippen molar-refractivity contribution in [2.75, 3.05) is 7.11 Å². The van der Waals surface area contributed by atoms with Crippen molar-refractivity contribution >= 4 is 22.7 Å². The van der Waals surface area contributed by atoms with Crippen molar-refractivity contribution in [1.29, 1.82) is 5.41 Å². The highest BCUT2D eigenvalue weighted by Crippen LogP contribution is 2.18. The lowest BCUT2D eigenvalue weighted by atomic mass is 10.0. The topological polar surface area (TPSA) is 45.4 Å². The number of hydrogen-bond donors (Lipinski definition) is 1. The fourth-order valence-electron chi connectivity index (χ4n) is 1.91. The molecular weight excluding hydrogens is 284 g/mol. The average Bonchev–Trinajstić information content (AvgIpc) is 2.47. The van der Waals surface area contributed by atoms with Gasteiger partial charge in [-0.1, -0.05) is 43.7 Å².